The molecule has 0 unspecified atom stereocenters. The summed E-state index contributed by atoms with van der Waals surface area (Å²) < 4.78 is 0. The van der Waals surface area contributed by atoms with E-state index in [4.69, 9.17) is 11.6 Å². The number of amides is 1. The molecule has 2 rings (SSSR count). The zero-order valence-electron chi connectivity index (χ0n) is 14.0. The summed E-state index contributed by atoms with van der Waals surface area (Å²) >= 11 is 5.99. The molecule has 0 aromatic heterocycles. The average molecular weight is 333 g/mol. The molecule has 23 heavy (non-hydrogen) atoms. The Morgan fingerprint density at radius 2 is 1.83 bits per heavy atom. The molecular weight excluding hydrogens is 308 g/mol. The topological polar surface area (TPSA) is 52.9 Å². The number of rotatable bonds is 6. The van der Waals surface area contributed by atoms with E-state index in [2.05, 4.69) is 25.2 Å². The second kappa shape index (κ2) is 7.36. The molecule has 0 spiro atoms. The van der Waals surface area contributed by atoms with Crippen LogP contribution < -0.4 is 5.32 Å². The average Bonchev–Trinajstić information content (AvgIpc) is 3.07. The first kappa shape index (κ1) is 17.8. The maximum Gasteiger partial charge on any atom is 0.240 e. The van der Waals surface area contributed by atoms with Crippen LogP contribution in [0.25, 0.3) is 0 Å². The molecule has 0 saturated heterocycles. The number of benzene rings is 1. The molecule has 0 atom stereocenters. The smallest absolute Gasteiger partial charge is 0.240 e. The zero-order chi connectivity index (χ0) is 16.9. The van der Waals surface area contributed by atoms with Gasteiger partial charge >= 0.3 is 0 Å². The predicted molar refractivity (Wildman–Crippen MR) is 93.2 cm³/mol. The number of carbonyl (C=O) groups is 1. The number of nitriles is 1. The van der Waals surface area contributed by atoms with Gasteiger partial charge < -0.3 is 5.32 Å². The first-order valence-electron chi connectivity index (χ1n) is 8.47. The number of carbonyl (C=O) groups excluding carboxylic acids is 1. The third kappa shape index (κ3) is 3.53. The van der Waals surface area contributed by atoms with Gasteiger partial charge in [0.15, 0.2) is 0 Å². The fraction of sp³-hybridized carbons (Fsp3) is 0.579. The molecule has 0 heterocycles. The first-order chi connectivity index (χ1) is 11.0. The summed E-state index contributed by atoms with van der Waals surface area (Å²) in [5, 5.41) is 13.2. The largest absolute Gasteiger partial charge is 0.354 e. The Balaban J connectivity index is 2.15. The molecule has 1 aliphatic rings. The van der Waals surface area contributed by atoms with Crippen molar-refractivity contribution in [1.29, 1.82) is 5.26 Å². The van der Waals surface area contributed by atoms with Crippen molar-refractivity contribution in [3.05, 3.63) is 34.9 Å². The molecule has 0 radical (unpaired) electrons. The van der Waals surface area contributed by atoms with E-state index >= 15 is 0 Å². The molecule has 1 amide bonds. The first-order valence-corrected chi connectivity index (χ1v) is 8.85. The van der Waals surface area contributed by atoms with E-state index in [1.54, 1.807) is 0 Å². The van der Waals surface area contributed by atoms with E-state index < -0.39 is 5.41 Å². The van der Waals surface area contributed by atoms with Crippen LogP contribution in [0.5, 0.6) is 0 Å². The van der Waals surface area contributed by atoms with Crippen LogP contribution in [0.2, 0.25) is 5.02 Å². The van der Waals surface area contributed by atoms with Gasteiger partial charge in [0.05, 0.1) is 6.07 Å². The summed E-state index contributed by atoms with van der Waals surface area (Å²) in [6.45, 7) is 4.84. The molecule has 1 N–H and O–H groups in total. The van der Waals surface area contributed by atoms with Gasteiger partial charge in [-0.05, 0) is 43.4 Å². The Morgan fingerprint density at radius 1 is 1.26 bits per heavy atom. The summed E-state index contributed by atoms with van der Waals surface area (Å²) in [4.78, 5) is 12.6. The van der Waals surface area contributed by atoms with Crippen LogP contribution in [0.1, 0.15) is 57.9 Å². The molecule has 1 aromatic rings. The minimum atomic E-state index is -0.812. The summed E-state index contributed by atoms with van der Waals surface area (Å²) in [7, 11) is 0. The van der Waals surface area contributed by atoms with Crippen molar-refractivity contribution in [2.75, 3.05) is 6.54 Å². The number of nitrogens with one attached hydrogen (secondary N) is 1. The van der Waals surface area contributed by atoms with Gasteiger partial charge in [-0.15, -0.1) is 0 Å². The number of hydrogen-bond acceptors (Lipinski definition) is 2. The van der Waals surface area contributed by atoms with Gasteiger partial charge in [-0.3, -0.25) is 4.79 Å². The van der Waals surface area contributed by atoms with Crippen LogP contribution in [0, 0.1) is 16.7 Å². The Hall–Kier alpha value is -1.53. The molecule has 1 fully saturated rings. The van der Waals surface area contributed by atoms with Gasteiger partial charge in [0, 0.05) is 17.0 Å². The monoisotopic (exact) mass is 332 g/mol. The van der Waals surface area contributed by atoms with Gasteiger partial charge in [-0.2, -0.15) is 5.26 Å². The van der Waals surface area contributed by atoms with Crippen LogP contribution >= 0.6 is 11.6 Å². The molecule has 1 aromatic carbocycles. The summed E-state index contributed by atoms with van der Waals surface area (Å²) in [5.41, 5.74) is 0.257. The van der Waals surface area contributed by atoms with Crippen molar-refractivity contribution < 1.29 is 4.79 Å². The van der Waals surface area contributed by atoms with Gasteiger partial charge in [0.25, 0.3) is 0 Å². The lowest BCUT2D eigenvalue weighted by Gasteiger charge is -2.34. The standard InChI is InChI=1S/C19H25ClN2O/c1-3-18(4-2,15-7-9-16(20)10-8-15)14-22-17(23)19(13-21)11-5-6-12-19/h7-10H,3-6,11-12,14H2,1-2H3,(H,22,23). The second-order valence-electron chi connectivity index (χ2n) is 6.58. The van der Waals surface area contributed by atoms with Gasteiger partial charge in [-0.25, -0.2) is 0 Å². The van der Waals surface area contributed by atoms with Crippen LogP contribution in [-0.4, -0.2) is 12.5 Å². The molecule has 3 nitrogen and oxygen atoms in total. The molecule has 0 aliphatic heterocycles. The maximum absolute atomic E-state index is 12.6. The minimum Gasteiger partial charge on any atom is -0.354 e. The highest BCUT2D eigenvalue weighted by Gasteiger charge is 2.42. The van der Waals surface area contributed by atoms with Crippen LogP contribution in [0.4, 0.5) is 0 Å². The zero-order valence-corrected chi connectivity index (χ0v) is 14.7. The van der Waals surface area contributed by atoms with Gasteiger partial charge in [-0.1, -0.05) is 50.4 Å². The number of hydrogen-bond donors (Lipinski definition) is 1. The van der Waals surface area contributed by atoms with E-state index in [0.29, 0.717) is 24.4 Å². The van der Waals surface area contributed by atoms with Crippen molar-refractivity contribution in [1.82, 2.24) is 5.32 Å². The summed E-state index contributed by atoms with van der Waals surface area (Å²) in [5.74, 6) is -0.0993. The van der Waals surface area contributed by atoms with Crippen molar-refractivity contribution in [3.8, 4) is 6.07 Å². The Labute approximate surface area is 144 Å². The third-order valence-corrected chi connectivity index (χ3v) is 5.76. The fourth-order valence-corrected chi connectivity index (χ4v) is 3.73. The van der Waals surface area contributed by atoms with Gasteiger partial charge in [0.2, 0.25) is 5.91 Å². The predicted octanol–water partition coefficient (Wildman–Crippen LogP) is 4.60. The van der Waals surface area contributed by atoms with Crippen molar-refractivity contribution >= 4 is 17.5 Å². The lowest BCUT2D eigenvalue weighted by atomic mass is 9.75. The van der Waals surface area contributed by atoms with E-state index in [0.717, 1.165) is 25.7 Å². The molecule has 124 valence electrons. The molecular formula is C19H25ClN2O. The Morgan fingerprint density at radius 3 is 2.30 bits per heavy atom. The highest BCUT2D eigenvalue weighted by atomic mass is 35.5. The Kier molecular flexibility index (Phi) is 5.70. The maximum atomic E-state index is 12.6. The van der Waals surface area contributed by atoms with Crippen LogP contribution in [0.15, 0.2) is 24.3 Å². The quantitative estimate of drug-likeness (QED) is 0.827. The van der Waals surface area contributed by atoms with Crippen molar-refractivity contribution in [3.63, 3.8) is 0 Å². The summed E-state index contributed by atoms with van der Waals surface area (Å²) in [6, 6.07) is 10.1. The third-order valence-electron chi connectivity index (χ3n) is 5.50. The van der Waals surface area contributed by atoms with E-state index in [1.165, 1.54) is 5.56 Å². The van der Waals surface area contributed by atoms with E-state index in [1.807, 2.05) is 24.3 Å². The SMILES string of the molecule is CCC(CC)(CNC(=O)C1(C#N)CCCC1)c1ccc(Cl)cc1. The summed E-state index contributed by atoms with van der Waals surface area (Å²) in [6.07, 6.45) is 5.13. The van der Waals surface area contributed by atoms with Gasteiger partial charge in [0.1, 0.15) is 5.41 Å². The molecule has 0 bridgehead atoms. The minimum absolute atomic E-state index is 0.0993. The molecule has 1 saturated carbocycles. The van der Waals surface area contributed by atoms with Crippen molar-refractivity contribution in [2.45, 2.75) is 57.8 Å². The van der Waals surface area contributed by atoms with Crippen LogP contribution in [0.3, 0.4) is 0 Å². The van der Waals surface area contributed by atoms with Crippen molar-refractivity contribution in [2.24, 2.45) is 5.41 Å². The van der Waals surface area contributed by atoms with Crippen LogP contribution in [-0.2, 0) is 10.2 Å². The molecule has 4 heteroatoms. The lowest BCUT2D eigenvalue weighted by molar-refractivity contribution is -0.128. The normalized spacial score (nSPS) is 16.8. The van der Waals surface area contributed by atoms with E-state index in [-0.39, 0.29) is 11.3 Å². The molecule has 1 aliphatic carbocycles. The fourth-order valence-electron chi connectivity index (χ4n) is 3.60. The highest BCUT2D eigenvalue weighted by molar-refractivity contribution is 6.30. The number of halogens is 1. The van der Waals surface area contributed by atoms with E-state index in [9.17, 15) is 10.1 Å². The Bertz CT molecular complexity index is 578. The second-order valence-corrected chi connectivity index (χ2v) is 7.01. The highest BCUT2D eigenvalue weighted by Crippen LogP contribution is 2.38. The number of nitrogens with zero attached hydrogens (tertiary/aromatic N) is 1. The lowest BCUT2D eigenvalue weighted by Crippen LogP contribution is -2.45.